The van der Waals surface area contributed by atoms with E-state index in [1.54, 1.807) is 55.5 Å². The lowest BCUT2D eigenvalue weighted by atomic mass is 9.98. The molecule has 4 nitrogen and oxygen atoms in total. The van der Waals surface area contributed by atoms with Crippen molar-refractivity contribution in [3.8, 4) is 22.3 Å². The SMILES string of the molecule is Cc1c(-c2ccc(-c3ccccc3F)cc2)ccn(C(=O)[O-])c1=O. The first-order valence-corrected chi connectivity index (χ1v) is 7.28. The highest BCUT2D eigenvalue weighted by Gasteiger charge is 2.09. The number of nitrogens with zero attached hydrogens (tertiary/aromatic N) is 1. The van der Waals surface area contributed by atoms with E-state index in [1.165, 1.54) is 12.3 Å². The van der Waals surface area contributed by atoms with Crippen LogP contribution in [0, 0.1) is 12.7 Å². The summed E-state index contributed by atoms with van der Waals surface area (Å²) in [5.74, 6) is -0.307. The largest absolute Gasteiger partial charge is 0.529 e. The van der Waals surface area contributed by atoms with E-state index in [-0.39, 0.29) is 5.82 Å². The molecule has 0 aliphatic heterocycles. The Morgan fingerprint density at radius 3 is 2.12 bits per heavy atom. The number of hydrogen-bond donors (Lipinski definition) is 0. The molecule has 0 unspecified atom stereocenters. The molecule has 3 rings (SSSR count). The Morgan fingerprint density at radius 1 is 0.958 bits per heavy atom. The fraction of sp³-hybridized carbons (Fsp3) is 0.0526. The molecule has 1 heterocycles. The van der Waals surface area contributed by atoms with E-state index in [2.05, 4.69) is 0 Å². The first-order chi connectivity index (χ1) is 11.5. The van der Waals surface area contributed by atoms with Crippen LogP contribution in [-0.2, 0) is 0 Å². The van der Waals surface area contributed by atoms with Gasteiger partial charge in [-0.05, 0) is 35.7 Å². The number of halogens is 1. The van der Waals surface area contributed by atoms with Gasteiger partial charge in [-0.25, -0.2) is 4.39 Å². The van der Waals surface area contributed by atoms with Gasteiger partial charge < -0.3 is 9.90 Å². The average Bonchev–Trinajstić information content (AvgIpc) is 2.58. The topological polar surface area (TPSA) is 62.1 Å². The normalized spacial score (nSPS) is 10.6. The Hall–Kier alpha value is -3.21. The van der Waals surface area contributed by atoms with Crippen molar-refractivity contribution in [3.05, 3.63) is 82.5 Å². The zero-order chi connectivity index (χ0) is 17.3. The van der Waals surface area contributed by atoms with E-state index in [4.69, 9.17) is 0 Å². The summed E-state index contributed by atoms with van der Waals surface area (Å²) in [7, 11) is 0. The van der Waals surface area contributed by atoms with Crippen LogP contribution in [0.1, 0.15) is 5.56 Å². The van der Waals surface area contributed by atoms with E-state index in [1.807, 2.05) is 0 Å². The molecule has 0 aliphatic carbocycles. The number of carbonyl (C=O) groups excluding carboxylic acids is 1. The third-order valence-electron chi connectivity index (χ3n) is 3.91. The zero-order valence-electron chi connectivity index (χ0n) is 12.8. The van der Waals surface area contributed by atoms with Gasteiger partial charge >= 0.3 is 0 Å². The molecule has 0 N–H and O–H groups in total. The fourth-order valence-corrected chi connectivity index (χ4v) is 2.62. The summed E-state index contributed by atoms with van der Waals surface area (Å²) in [6, 6.07) is 15.1. The van der Waals surface area contributed by atoms with Gasteiger partial charge in [0.05, 0.1) is 0 Å². The van der Waals surface area contributed by atoms with E-state index in [0.717, 1.165) is 11.1 Å². The van der Waals surface area contributed by atoms with Crippen molar-refractivity contribution in [3.63, 3.8) is 0 Å². The van der Waals surface area contributed by atoms with E-state index in [9.17, 15) is 19.1 Å². The highest BCUT2D eigenvalue weighted by Crippen LogP contribution is 2.27. The standard InChI is InChI=1S/C19H14FNO3/c1-12-15(10-11-21(18(12)22)19(23)24)13-6-8-14(9-7-13)16-4-2-3-5-17(16)20/h2-11H,1H3,(H,23,24)/p-1. The van der Waals surface area contributed by atoms with E-state index >= 15 is 0 Å². The van der Waals surface area contributed by atoms with Gasteiger partial charge in [0, 0.05) is 17.3 Å². The second kappa shape index (κ2) is 6.12. The second-order valence-electron chi connectivity index (χ2n) is 5.35. The molecular formula is C19H13FNO3-. The Labute approximate surface area is 137 Å². The molecule has 0 radical (unpaired) electrons. The lowest BCUT2D eigenvalue weighted by molar-refractivity contribution is -0.250. The summed E-state index contributed by atoms with van der Waals surface area (Å²) in [4.78, 5) is 22.9. The predicted octanol–water partition coefficient (Wildman–Crippen LogP) is 2.82. The number of rotatable bonds is 2. The van der Waals surface area contributed by atoms with Crippen molar-refractivity contribution in [1.29, 1.82) is 0 Å². The van der Waals surface area contributed by atoms with Crippen LogP contribution in [0.25, 0.3) is 22.3 Å². The van der Waals surface area contributed by atoms with E-state index < -0.39 is 11.7 Å². The van der Waals surface area contributed by atoms with Crippen LogP contribution < -0.4 is 10.7 Å². The lowest BCUT2D eigenvalue weighted by Gasteiger charge is -2.11. The number of hydrogen-bond acceptors (Lipinski definition) is 3. The maximum atomic E-state index is 13.8. The van der Waals surface area contributed by atoms with Crippen LogP contribution in [0.15, 0.2) is 65.6 Å². The molecule has 0 bridgehead atoms. The van der Waals surface area contributed by atoms with Gasteiger partial charge in [-0.2, -0.15) is 0 Å². The Kier molecular flexibility index (Phi) is 4.00. The Morgan fingerprint density at radius 2 is 1.54 bits per heavy atom. The van der Waals surface area contributed by atoms with E-state index in [0.29, 0.717) is 21.3 Å². The van der Waals surface area contributed by atoms with Crippen LogP contribution in [0.2, 0.25) is 0 Å². The van der Waals surface area contributed by atoms with Crippen LogP contribution in [-0.4, -0.2) is 10.7 Å². The molecule has 120 valence electrons. The van der Waals surface area contributed by atoms with Gasteiger partial charge in [-0.1, -0.05) is 42.5 Å². The fourth-order valence-electron chi connectivity index (χ4n) is 2.62. The van der Waals surface area contributed by atoms with Crippen molar-refractivity contribution < 1.29 is 14.3 Å². The molecule has 0 amide bonds. The summed E-state index contributed by atoms with van der Waals surface area (Å²) in [6.45, 7) is 1.56. The third kappa shape index (κ3) is 2.72. The molecule has 0 saturated heterocycles. The molecule has 3 aromatic rings. The minimum absolute atomic E-state index is 0.306. The van der Waals surface area contributed by atoms with Gasteiger partial charge in [0.25, 0.3) is 5.56 Å². The number of pyridine rings is 1. The molecule has 0 spiro atoms. The highest BCUT2D eigenvalue weighted by atomic mass is 19.1. The van der Waals surface area contributed by atoms with Crippen molar-refractivity contribution in [2.24, 2.45) is 0 Å². The monoisotopic (exact) mass is 322 g/mol. The number of carbonyl (C=O) groups is 1. The molecule has 0 saturated carbocycles. The smallest absolute Gasteiger partial charge is 0.259 e. The zero-order valence-corrected chi connectivity index (χ0v) is 12.8. The van der Waals surface area contributed by atoms with Crippen LogP contribution in [0.3, 0.4) is 0 Å². The summed E-state index contributed by atoms with van der Waals surface area (Å²) >= 11 is 0. The van der Waals surface area contributed by atoms with Crippen molar-refractivity contribution >= 4 is 6.09 Å². The number of aromatic nitrogens is 1. The van der Waals surface area contributed by atoms with Crippen molar-refractivity contribution in [1.82, 2.24) is 4.57 Å². The number of benzene rings is 2. The number of carboxylic acid groups (broad SMARTS) is 1. The molecule has 0 atom stereocenters. The molecule has 1 aromatic heterocycles. The summed E-state index contributed by atoms with van der Waals surface area (Å²) in [6.07, 6.45) is -0.394. The molecule has 24 heavy (non-hydrogen) atoms. The van der Waals surface area contributed by atoms with Crippen molar-refractivity contribution in [2.75, 3.05) is 0 Å². The minimum Gasteiger partial charge on any atom is -0.529 e. The molecule has 2 aromatic carbocycles. The van der Waals surface area contributed by atoms with Gasteiger partial charge in [-0.15, -0.1) is 0 Å². The first kappa shape index (κ1) is 15.7. The van der Waals surface area contributed by atoms with Crippen LogP contribution >= 0.6 is 0 Å². The predicted molar refractivity (Wildman–Crippen MR) is 87.1 cm³/mol. The first-order valence-electron chi connectivity index (χ1n) is 7.28. The average molecular weight is 322 g/mol. The lowest BCUT2D eigenvalue weighted by Crippen LogP contribution is -2.37. The Balaban J connectivity index is 2.03. The van der Waals surface area contributed by atoms with Crippen LogP contribution in [0.4, 0.5) is 9.18 Å². The van der Waals surface area contributed by atoms with Crippen molar-refractivity contribution in [2.45, 2.75) is 6.92 Å². The quantitative estimate of drug-likeness (QED) is 0.729. The van der Waals surface area contributed by atoms with Gasteiger partial charge in [0.1, 0.15) is 11.9 Å². The van der Waals surface area contributed by atoms with Gasteiger partial charge in [-0.3, -0.25) is 9.36 Å². The maximum Gasteiger partial charge on any atom is 0.259 e. The molecule has 0 aliphatic rings. The molecule has 0 fully saturated rings. The Bertz CT molecular complexity index is 975. The maximum absolute atomic E-state index is 13.8. The molecular weight excluding hydrogens is 309 g/mol. The van der Waals surface area contributed by atoms with Crippen LogP contribution in [0.5, 0.6) is 0 Å². The summed E-state index contributed by atoms with van der Waals surface area (Å²) < 4.78 is 14.4. The molecule has 5 heteroatoms. The van der Waals surface area contributed by atoms with Gasteiger partial charge in [0.2, 0.25) is 0 Å². The van der Waals surface area contributed by atoms with Gasteiger partial charge in [0.15, 0.2) is 0 Å². The highest BCUT2D eigenvalue weighted by molar-refractivity contribution is 5.73. The second-order valence-corrected chi connectivity index (χ2v) is 5.35. The summed E-state index contributed by atoms with van der Waals surface area (Å²) in [5.41, 5.74) is 2.25. The third-order valence-corrected chi connectivity index (χ3v) is 3.91. The minimum atomic E-state index is -1.57. The summed E-state index contributed by atoms with van der Waals surface area (Å²) in [5, 5.41) is 10.9.